The lowest BCUT2D eigenvalue weighted by atomic mass is 10.2. The first kappa shape index (κ1) is 18.9. The lowest BCUT2D eigenvalue weighted by molar-refractivity contribution is -0.133. The van der Waals surface area contributed by atoms with E-state index in [1.165, 1.54) is 21.7 Å². The van der Waals surface area contributed by atoms with E-state index in [2.05, 4.69) is 15.1 Å². The molecule has 28 heavy (non-hydrogen) atoms. The normalized spacial score (nSPS) is 15.3. The smallest absolute Gasteiger partial charge is 0.293 e. The Hall–Kier alpha value is -2.42. The Labute approximate surface area is 170 Å². The quantitative estimate of drug-likeness (QED) is 0.639. The van der Waals surface area contributed by atoms with E-state index in [1.807, 2.05) is 12.1 Å². The molecule has 0 N–H and O–H groups in total. The van der Waals surface area contributed by atoms with Crippen molar-refractivity contribution in [1.82, 2.24) is 29.2 Å². The molecule has 10 heteroatoms. The van der Waals surface area contributed by atoms with Crippen LogP contribution in [0.25, 0.3) is 5.52 Å². The topological polar surface area (TPSA) is 75.7 Å². The first-order valence-corrected chi connectivity index (χ1v) is 9.61. The van der Waals surface area contributed by atoms with Gasteiger partial charge < -0.3 is 4.90 Å². The van der Waals surface area contributed by atoms with Gasteiger partial charge in [-0.1, -0.05) is 35.3 Å². The molecule has 3 heterocycles. The van der Waals surface area contributed by atoms with Crippen molar-refractivity contribution in [1.29, 1.82) is 0 Å². The predicted octanol–water partition coefficient (Wildman–Crippen LogP) is 1.54. The number of rotatable bonds is 4. The van der Waals surface area contributed by atoms with Gasteiger partial charge >= 0.3 is 0 Å². The average molecular weight is 421 g/mol. The second-order valence-electron chi connectivity index (χ2n) is 6.62. The van der Waals surface area contributed by atoms with Crippen molar-refractivity contribution in [2.75, 3.05) is 26.2 Å². The fourth-order valence-corrected chi connectivity index (χ4v) is 3.66. The van der Waals surface area contributed by atoms with Crippen LogP contribution in [0.2, 0.25) is 10.0 Å². The average Bonchev–Trinajstić information content (AvgIpc) is 3.18. The van der Waals surface area contributed by atoms with Crippen LogP contribution in [0.5, 0.6) is 0 Å². The van der Waals surface area contributed by atoms with E-state index in [0.717, 1.165) is 18.7 Å². The third-order valence-corrected chi connectivity index (χ3v) is 5.72. The minimum atomic E-state index is -0.331. The molecule has 0 bridgehead atoms. The number of fused-ring (bicyclic) bond motifs is 1. The zero-order valence-electron chi connectivity index (χ0n) is 15.0. The molecule has 0 unspecified atom stereocenters. The molecule has 1 aliphatic heterocycles. The first-order valence-electron chi connectivity index (χ1n) is 8.85. The number of aromatic nitrogens is 4. The summed E-state index contributed by atoms with van der Waals surface area (Å²) in [5.41, 5.74) is 1.03. The third kappa shape index (κ3) is 3.76. The van der Waals surface area contributed by atoms with Gasteiger partial charge in [-0.2, -0.15) is 10.2 Å². The maximum absolute atomic E-state index is 12.6. The molecule has 1 saturated heterocycles. The molecular formula is C18H18Cl2N6O2. The number of hydrogen-bond acceptors (Lipinski definition) is 5. The minimum Gasteiger partial charge on any atom is -0.339 e. The summed E-state index contributed by atoms with van der Waals surface area (Å²) in [5.74, 6) is -0.126. The molecular weight excluding hydrogens is 403 g/mol. The highest BCUT2D eigenvalue weighted by atomic mass is 35.5. The van der Waals surface area contributed by atoms with Crippen LogP contribution in [-0.2, 0) is 17.9 Å². The second-order valence-corrected chi connectivity index (χ2v) is 7.41. The molecule has 3 aromatic rings. The Balaban J connectivity index is 1.36. The molecule has 1 aliphatic rings. The van der Waals surface area contributed by atoms with Gasteiger partial charge in [0.15, 0.2) is 0 Å². The van der Waals surface area contributed by atoms with E-state index in [0.29, 0.717) is 35.2 Å². The number of carbonyl (C=O) groups is 1. The summed E-state index contributed by atoms with van der Waals surface area (Å²) in [4.78, 5) is 28.9. The van der Waals surface area contributed by atoms with E-state index in [1.54, 1.807) is 17.0 Å². The number of amides is 1. The van der Waals surface area contributed by atoms with Gasteiger partial charge in [0.05, 0.1) is 16.2 Å². The monoisotopic (exact) mass is 420 g/mol. The Bertz CT molecular complexity index is 1070. The molecule has 146 valence electrons. The Morgan fingerprint density at radius 2 is 1.86 bits per heavy atom. The van der Waals surface area contributed by atoms with Gasteiger partial charge in [-0.3, -0.25) is 14.5 Å². The van der Waals surface area contributed by atoms with Gasteiger partial charge in [0.2, 0.25) is 5.91 Å². The molecule has 2 aromatic heterocycles. The summed E-state index contributed by atoms with van der Waals surface area (Å²) in [7, 11) is 0. The summed E-state index contributed by atoms with van der Waals surface area (Å²) in [5, 5.41) is 9.10. The van der Waals surface area contributed by atoms with Crippen LogP contribution < -0.4 is 5.56 Å². The SMILES string of the molecule is O=C(Cn1ncn2nccc2c1=O)N1CCN(Cc2cccc(Cl)c2Cl)CC1. The number of carbonyl (C=O) groups excluding carboxylic acids is 1. The van der Waals surface area contributed by atoms with Gasteiger partial charge in [0, 0.05) is 32.7 Å². The number of benzene rings is 1. The lowest BCUT2D eigenvalue weighted by Crippen LogP contribution is -2.49. The van der Waals surface area contributed by atoms with Crippen molar-refractivity contribution >= 4 is 34.6 Å². The van der Waals surface area contributed by atoms with Crippen molar-refractivity contribution in [3.05, 3.63) is 62.8 Å². The highest BCUT2D eigenvalue weighted by Crippen LogP contribution is 2.26. The molecule has 0 spiro atoms. The van der Waals surface area contributed by atoms with Crippen LogP contribution in [0.4, 0.5) is 0 Å². The van der Waals surface area contributed by atoms with Crippen molar-refractivity contribution < 1.29 is 4.79 Å². The van der Waals surface area contributed by atoms with E-state index in [9.17, 15) is 9.59 Å². The van der Waals surface area contributed by atoms with Crippen molar-refractivity contribution in [3.63, 3.8) is 0 Å². The van der Waals surface area contributed by atoms with Gasteiger partial charge in [-0.05, 0) is 17.7 Å². The standard InChI is InChI=1S/C18H18Cl2N6O2/c19-14-3-1-2-13(17(14)20)10-23-6-8-24(9-7-23)16(27)11-25-18(28)15-4-5-21-26(15)12-22-25/h1-5,12H,6-11H2. The van der Waals surface area contributed by atoms with Gasteiger partial charge in [0.25, 0.3) is 5.56 Å². The zero-order chi connectivity index (χ0) is 19.7. The van der Waals surface area contributed by atoms with E-state index < -0.39 is 0 Å². The Morgan fingerprint density at radius 3 is 2.64 bits per heavy atom. The Morgan fingerprint density at radius 1 is 1.07 bits per heavy atom. The number of piperazine rings is 1. The molecule has 0 radical (unpaired) electrons. The third-order valence-electron chi connectivity index (χ3n) is 4.86. The maximum atomic E-state index is 12.6. The van der Waals surface area contributed by atoms with Gasteiger partial charge in [-0.15, -0.1) is 0 Å². The molecule has 1 aromatic carbocycles. The van der Waals surface area contributed by atoms with Crippen LogP contribution in [0.15, 0.2) is 41.6 Å². The van der Waals surface area contributed by atoms with Crippen molar-refractivity contribution in [3.8, 4) is 0 Å². The summed E-state index contributed by atoms with van der Waals surface area (Å²) in [6.45, 7) is 3.21. The van der Waals surface area contributed by atoms with Gasteiger partial charge in [0.1, 0.15) is 18.4 Å². The first-order chi connectivity index (χ1) is 13.5. The fourth-order valence-electron chi connectivity index (χ4n) is 3.28. The van der Waals surface area contributed by atoms with E-state index >= 15 is 0 Å². The molecule has 4 rings (SSSR count). The Kier molecular flexibility index (Phi) is 5.34. The minimum absolute atomic E-state index is 0.0827. The number of halogens is 2. The summed E-state index contributed by atoms with van der Waals surface area (Å²) in [6.07, 6.45) is 2.95. The largest absolute Gasteiger partial charge is 0.339 e. The lowest BCUT2D eigenvalue weighted by Gasteiger charge is -2.35. The van der Waals surface area contributed by atoms with E-state index in [-0.39, 0.29) is 18.0 Å². The molecule has 0 atom stereocenters. The molecule has 0 aliphatic carbocycles. The van der Waals surface area contributed by atoms with Crippen LogP contribution >= 0.6 is 23.2 Å². The van der Waals surface area contributed by atoms with Crippen LogP contribution in [-0.4, -0.2) is 61.3 Å². The molecule has 0 saturated carbocycles. The summed E-state index contributed by atoms with van der Waals surface area (Å²) < 4.78 is 2.57. The van der Waals surface area contributed by atoms with Crippen LogP contribution in [0, 0.1) is 0 Å². The van der Waals surface area contributed by atoms with Crippen LogP contribution in [0.1, 0.15) is 5.56 Å². The zero-order valence-corrected chi connectivity index (χ0v) is 16.5. The molecule has 8 nitrogen and oxygen atoms in total. The second kappa shape index (κ2) is 7.90. The molecule has 1 fully saturated rings. The number of hydrogen-bond donors (Lipinski definition) is 0. The molecule has 1 amide bonds. The number of nitrogens with zero attached hydrogens (tertiary/aromatic N) is 6. The van der Waals surface area contributed by atoms with E-state index in [4.69, 9.17) is 23.2 Å². The fraction of sp³-hybridized carbons (Fsp3) is 0.333. The summed E-state index contributed by atoms with van der Waals surface area (Å²) >= 11 is 12.3. The summed E-state index contributed by atoms with van der Waals surface area (Å²) in [6, 6.07) is 7.20. The predicted molar refractivity (Wildman–Crippen MR) is 106 cm³/mol. The maximum Gasteiger partial charge on any atom is 0.293 e. The van der Waals surface area contributed by atoms with Gasteiger partial charge in [-0.25, -0.2) is 9.20 Å². The van der Waals surface area contributed by atoms with Crippen molar-refractivity contribution in [2.45, 2.75) is 13.1 Å². The van der Waals surface area contributed by atoms with Crippen LogP contribution in [0.3, 0.4) is 0 Å². The highest BCUT2D eigenvalue weighted by molar-refractivity contribution is 6.42. The highest BCUT2D eigenvalue weighted by Gasteiger charge is 2.22. The van der Waals surface area contributed by atoms with Crippen molar-refractivity contribution in [2.24, 2.45) is 0 Å².